The van der Waals surface area contributed by atoms with Crippen molar-refractivity contribution in [2.45, 2.75) is 25.7 Å². The van der Waals surface area contributed by atoms with Crippen LogP contribution in [0.3, 0.4) is 0 Å². The molecule has 0 amide bonds. The molecular weight excluding hydrogens is 703 g/mol. The normalized spacial score (nSPS) is 13.3. The summed E-state index contributed by atoms with van der Waals surface area (Å²) in [5.41, 5.74) is 2.29. The van der Waals surface area contributed by atoms with Crippen LogP contribution in [0, 0.1) is 25.7 Å². The Kier molecular flexibility index (Phi) is 14.1. The van der Waals surface area contributed by atoms with Gasteiger partial charge >= 0.3 is 7.25 Å². The Morgan fingerprint density at radius 1 is 0.489 bits per heavy atom. The van der Waals surface area contributed by atoms with E-state index >= 15 is 0 Å². The molecule has 7 rings (SSSR count). The number of hydrogen-bond acceptors (Lipinski definition) is 1. The second kappa shape index (κ2) is 18.2. The van der Waals surface area contributed by atoms with Crippen LogP contribution in [0.25, 0.3) is 32.8 Å². The van der Waals surface area contributed by atoms with Crippen LogP contribution in [0.5, 0.6) is 0 Å². The summed E-state index contributed by atoms with van der Waals surface area (Å²) < 4.78 is 39.0. The number of pyridine rings is 1. The molecule has 1 saturated carbocycles. The Bertz CT molecular complexity index is 1740. The first-order valence-electron chi connectivity index (χ1n) is 15.3. The molecule has 8 heteroatoms. The zero-order valence-corrected chi connectivity index (χ0v) is 28.2. The van der Waals surface area contributed by atoms with Crippen LogP contribution in [-0.4, -0.2) is 12.2 Å². The molecule has 1 nitrogen and oxygen atoms in total. The third-order valence-electron chi connectivity index (χ3n) is 7.42. The summed E-state index contributed by atoms with van der Waals surface area (Å²) in [7, 11) is -6.76. The number of benzene rings is 5. The number of aromatic nitrogens is 1. The third kappa shape index (κ3) is 10.6. The summed E-state index contributed by atoms with van der Waals surface area (Å²) in [5, 5.41) is 8.91. The first kappa shape index (κ1) is 36.4. The summed E-state index contributed by atoms with van der Waals surface area (Å²) in [6.07, 6.45) is 15.9. The van der Waals surface area contributed by atoms with E-state index < -0.39 is 15.2 Å². The van der Waals surface area contributed by atoms with Gasteiger partial charge in [-0.2, -0.15) is 0 Å². The van der Waals surface area contributed by atoms with Crippen LogP contribution in [0.15, 0.2) is 134 Å². The second-order valence-corrected chi connectivity index (χ2v) is 12.8. The van der Waals surface area contributed by atoms with Gasteiger partial charge in [0.25, 0.3) is 0 Å². The molecule has 5 radical (unpaired) electrons. The minimum atomic E-state index is -6.00. The molecule has 5 aromatic carbocycles. The monoisotopic (exact) mass is 737 g/mol. The van der Waals surface area contributed by atoms with Gasteiger partial charge < -0.3 is 17.3 Å². The smallest absolute Gasteiger partial charge is 0.418 e. The number of nitrogens with zero attached hydrogens (tertiary/aromatic N) is 1. The van der Waals surface area contributed by atoms with Crippen LogP contribution in [-0.2, 0) is 19.5 Å². The largest absolute Gasteiger partial charge is 0.673 e. The van der Waals surface area contributed by atoms with Crippen molar-refractivity contribution >= 4 is 52.6 Å². The van der Waals surface area contributed by atoms with E-state index in [0.717, 1.165) is 5.69 Å². The standard InChI is InChI=1S/C31H22NP.C8H12.BF4.Rh/c1-3-13-25(14-4-1)33(26-15-5-2-6-16-26)29-20-19-23-11-7-9-17-27(23)30(29)31-28-18-10-8-12-24(28)21-22-32-31;1-2-4-6-8-7-5-3-1;2-1(3,4)5;/h1-22H;1-2,7-8H,3-6H2;;/q;;-1;. The van der Waals surface area contributed by atoms with Gasteiger partial charge in [-0.15, -0.1) is 0 Å². The van der Waals surface area contributed by atoms with Crippen molar-refractivity contribution in [1.29, 1.82) is 0 Å². The van der Waals surface area contributed by atoms with E-state index in [1.165, 1.54) is 68.7 Å². The summed E-state index contributed by atoms with van der Waals surface area (Å²) in [6.45, 7) is 0. The minimum absolute atomic E-state index is 0. The van der Waals surface area contributed by atoms with Crippen LogP contribution in [0.4, 0.5) is 17.3 Å². The average Bonchev–Trinajstić information content (AvgIpc) is 3.05. The number of fused-ring (bicyclic) bond motifs is 2. The molecule has 1 fully saturated rings. The van der Waals surface area contributed by atoms with Crippen LogP contribution < -0.4 is 15.9 Å². The molecule has 0 bridgehead atoms. The van der Waals surface area contributed by atoms with Crippen molar-refractivity contribution in [3.05, 3.63) is 159 Å². The predicted octanol–water partition coefficient (Wildman–Crippen LogP) is 10.5. The van der Waals surface area contributed by atoms with Gasteiger partial charge in [-0.05, 0) is 97.4 Å². The quantitative estimate of drug-likeness (QED) is 0.0998. The van der Waals surface area contributed by atoms with E-state index in [9.17, 15) is 17.3 Å². The molecule has 1 aliphatic carbocycles. The van der Waals surface area contributed by atoms with E-state index in [4.69, 9.17) is 4.98 Å². The van der Waals surface area contributed by atoms with Gasteiger partial charge in [-0.3, -0.25) is 4.98 Å². The molecule has 1 aromatic heterocycles. The molecule has 6 aromatic rings. The molecule has 241 valence electrons. The maximum Gasteiger partial charge on any atom is 0.673 e. The number of hydrogen-bond donors (Lipinski definition) is 0. The summed E-state index contributed by atoms with van der Waals surface area (Å²) in [5.74, 6) is 0. The Morgan fingerprint density at radius 2 is 0.915 bits per heavy atom. The van der Waals surface area contributed by atoms with E-state index in [1.54, 1.807) is 0 Å². The minimum Gasteiger partial charge on any atom is -0.418 e. The molecule has 0 spiro atoms. The molecule has 0 unspecified atom stereocenters. The molecular formula is C39H34BF4NPRh-. The first-order valence-corrected chi connectivity index (χ1v) is 16.7. The molecule has 0 N–H and O–H groups in total. The van der Waals surface area contributed by atoms with Crippen molar-refractivity contribution < 1.29 is 36.7 Å². The molecule has 0 saturated heterocycles. The van der Waals surface area contributed by atoms with Gasteiger partial charge in [0.1, 0.15) is 0 Å². The Balaban J connectivity index is 0.000000301. The second-order valence-electron chi connectivity index (χ2n) is 10.7. The van der Waals surface area contributed by atoms with Crippen molar-refractivity contribution in [1.82, 2.24) is 4.98 Å². The Labute approximate surface area is 289 Å². The maximum atomic E-state index is 9.75. The van der Waals surface area contributed by atoms with Crippen LogP contribution in [0.1, 0.15) is 25.7 Å². The first-order chi connectivity index (χ1) is 22.4. The maximum absolute atomic E-state index is 9.75. The fraction of sp³-hybridized carbons (Fsp3) is 0.103. The van der Waals surface area contributed by atoms with Gasteiger partial charge in [0.2, 0.25) is 0 Å². The number of halogens is 4. The van der Waals surface area contributed by atoms with Gasteiger partial charge in [0, 0.05) is 36.6 Å². The van der Waals surface area contributed by atoms with E-state index in [0.29, 0.717) is 0 Å². The van der Waals surface area contributed by atoms with Crippen molar-refractivity contribution in [2.24, 2.45) is 0 Å². The summed E-state index contributed by atoms with van der Waals surface area (Å²) in [4.78, 5) is 4.97. The summed E-state index contributed by atoms with van der Waals surface area (Å²) >= 11 is 0. The van der Waals surface area contributed by atoms with Crippen molar-refractivity contribution in [3.8, 4) is 11.3 Å². The fourth-order valence-electron chi connectivity index (χ4n) is 5.45. The fourth-order valence-corrected chi connectivity index (χ4v) is 7.92. The zero-order valence-electron chi connectivity index (χ0n) is 25.7. The molecule has 1 aliphatic rings. The third-order valence-corrected chi connectivity index (χ3v) is 9.90. The summed E-state index contributed by atoms with van der Waals surface area (Å²) in [6, 6.07) is 45.7. The van der Waals surface area contributed by atoms with Gasteiger partial charge in [0.05, 0.1) is 5.69 Å². The van der Waals surface area contributed by atoms with Crippen LogP contribution >= 0.6 is 7.92 Å². The van der Waals surface area contributed by atoms with Crippen molar-refractivity contribution in [2.75, 3.05) is 0 Å². The topological polar surface area (TPSA) is 12.9 Å². The van der Waals surface area contributed by atoms with E-state index in [1.807, 2.05) is 6.20 Å². The average molecular weight is 737 g/mol. The Hall–Kier alpha value is -3.39. The van der Waals surface area contributed by atoms with Gasteiger partial charge in [0.15, 0.2) is 0 Å². The SMILES string of the molecule is F[B-](F)(F)F.[CH]1[CH]CC[CH][CH]CC1.[Rh].c1ccc(P(c2ccccc2)c2ccc3ccccc3c2-c2nccc3ccccc23)cc1. The molecule has 47 heavy (non-hydrogen) atoms. The van der Waals surface area contributed by atoms with Crippen LogP contribution in [0.2, 0.25) is 0 Å². The van der Waals surface area contributed by atoms with Gasteiger partial charge in [-0.1, -0.05) is 121 Å². The molecule has 0 atom stereocenters. The molecule has 0 aliphatic heterocycles. The van der Waals surface area contributed by atoms with E-state index in [2.05, 4.69) is 153 Å². The van der Waals surface area contributed by atoms with Crippen molar-refractivity contribution in [3.63, 3.8) is 0 Å². The Morgan fingerprint density at radius 3 is 1.43 bits per heavy atom. The van der Waals surface area contributed by atoms with Gasteiger partial charge in [-0.25, -0.2) is 0 Å². The van der Waals surface area contributed by atoms with E-state index in [-0.39, 0.29) is 19.5 Å². The predicted molar refractivity (Wildman–Crippen MR) is 189 cm³/mol. The number of rotatable bonds is 4. The molecule has 1 heterocycles. The zero-order chi connectivity index (χ0) is 32.2.